The summed E-state index contributed by atoms with van der Waals surface area (Å²) in [7, 11) is 0. The van der Waals surface area contributed by atoms with Crippen LogP contribution in [-0.4, -0.2) is 22.5 Å². The van der Waals surface area contributed by atoms with E-state index >= 15 is 0 Å². The molecule has 1 N–H and O–H groups in total. The number of benzene rings is 2. The highest BCUT2D eigenvalue weighted by Gasteiger charge is 2.34. The van der Waals surface area contributed by atoms with Gasteiger partial charge in [0.05, 0.1) is 5.56 Å². The standard InChI is InChI=1S/C26H23F2N3OS2/c1-4-21(32)19-9-8-16(13-20(19)28)22-10-11-23(34-22)24(17-6-5-7-18(27)12-17)26(2,3)14-29-25-31-30-15-33-25/h4-13,15,24H,1,14H2,2-3H3,(H,29,31)/t24-/m0/s1. The molecule has 0 aliphatic carbocycles. The van der Waals surface area contributed by atoms with Crippen molar-refractivity contribution in [3.8, 4) is 10.4 Å². The number of carbonyl (C=O) groups is 1. The summed E-state index contributed by atoms with van der Waals surface area (Å²) >= 11 is 2.95. The fourth-order valence-electron chi connectivity index (χ4n) is 3.98. The second-order valence-corrected chi connectivity index (χ2v) is 10.5. The zero-order valence-corrected chi connectivity index (χ0v) is 20.4. The Bertz CT molecular complexity index is 1320. The van der Waals surface area contributed by atoms with Crippen molar-refractivity contribution in [1.29, 1.82) is 0 Å². The van der Waals surface area contributed by atoms with Crippen molar-refractivity contribution in [1.82, 2.24) is 10.2 Å². The summed E-state index contributed by atoms with van der Waals surface area (Å²) in [5, 5.41) is 12.0. The monoisotopic (exact) mass is 495 g/mol. The van der Waals surface area contributed by atoms with E-state index in [1.54, 1.807) is 23.7 Å². The number of allylic oxidation sites excluding steroid dienone is 1. The first-order chi connectivity index (χ1) is 16.3. The predicted octanol–water partition coefficient (Wildman–Crippen LogP) is 7.18. The Kier molecular flexibility index (Phi) is 7.00. The van der Waals surface area contributed by atoms with Crippen LogP contribution in [-0.2, 0) is 0 Å². The van der Waals surface area contributed by atoms with Crippen molar-refractivity contribution in [2.24, 2.45) is 5.41 Å². The van der Waals surface area contributed by atoms with Gasteiger partial charge in [-0.3, -0.25) is 4.79 Å². The van der Waals surface area contributed by atoms with Crippen LogP contribution in [0.4, 0.5) is 13.9 Å². The summed E-state index contributed by atoms with van der Waals surface area (Å²) in [6, 6.07) is 15.1. The Morgan fingerprint density at radius 1 is 1.18 bits per heavy atom. The molecule has 174 valence electrons. The number of thiophene rings is 1. The summed E-state index contributed by atoms with van der Waals surface area (Å²) in [6.07, 6.45) is 1.10. The molecule has 4 rings (SSSR count). The molecule has 2 aromatic heterocycles. The van der Waals surface area contributed by atoms with E-state index in [4.69, 9.17) is 0 Å². The molecule has 0 bridgehead atoms. The molecule has 0 radical (unpaired) electrons. The molecule has 4 nitrogen and oxygen atoms in total. The van der Waals surface area contributed by atoms with Crippen molar-refractivity contribution in [3.05, 3.63) is 100 Å². The third kappa shape index (κ3) is 5.13. The maximum atomic E-state index is 14.5. The van der Waals surface area contributed by atoms with Crippen LogP contribution in [0.25, 0.3) is 10.4 Å². The number of hydrogen-bond donors (Lipinski definition) is 1. The van der Waals surface area contributed by atoms with Gasteiger partial charge in [0.1, 0.15) is 17.1 Å². The van der Waals surface area contributed by atoms with Crippen LogP contribution in [0.5, 0.6) is 0 Å². The van der Waals surface area contributed by atoms with Crippen LogP contribution in [0, 0.1) is 17.0 Å². The van der Waals surface area contributed by atoms with Crippen LogP contribution in [0.15, 0.2) is 72.8 Å². The van der Waals surface area contributed by atoms with E-state index in [0.717, 1.165) is 26.5 Å². The molecule has 34 heavy (non-hydrogen) atoms. The van der Waals surface area contributed by atoms with Crippen molar-refractivity contribution < 1.29 is 13.6 Å². The van der Waals surface area contributed by atoms with Gasteiger partial charge < -0.3 is 5.32 Å². The fraction of sp³-hybridized carbons (Fsp3) is 0.192. The van der Waals surface area contributed by atoms with Gasteiger partial charge in [-0.15, -0.1) is 21.5 Å². The number of anilines is 1. The van der Waals surface area contributed by atoms with E-state index in [1.807, 2.05) is 18.2 Å². The Morgan fingerprint density at radius 2 is 2.00 bits per heavy atom. The molecule has 0 amide bonds. The largest absolute Gasteiger partial charge is 0.360 e. The lowest BCUT2D eigenvalue weighted by molar-refractivity contribution is 0.104. The molecule has 0 unspecified atom stereocenters. The molecule has 1 atom stereocenters. The second-order valence-electron chi connectivity index (χ2n) is 8.54. The topological polar surface area (TPSA) is 54.9 Å². The van der Waals surface area contributed by atoms with E-state index in [1.165, 1.54) is 40.9 Å². The summed E-state index contributed by atoms with van der Waals surface area (Å²) < 4.78 is 28.7. The molecule has 2 aromatic carbocycles. The lowest BCUT2D eigenvalue weighted by Crippen LogP contribution is -2.30. The molecule has 8 heteroatoms. The average Bonchev–Trinajstić information content (AvgIpc) is 3.50. The number of rotatable bonds is 9. The van der Waals surface area contributed by atoms with Gasteiger partial charge in [0.15, 0.2) is 5.78 Å². The number of hydrogen-bond acceptors (Lipinski definition) is 6. The average molecular weight is 496 g/mol. The first-order valence-electron chi connectivity index (χ1n) is 10.6. The molecule has 0 fully saturated rings. The molecule has 0 saturated carbocycles. The normalized spacial score (nSPS) is 12.4. The zero-order chi connectivity index (χ0) is 24.3. The van der Waals surface area contributed by atoms with Gasteiger partial charge in [-0.25, -0.2) is 8.78 Å². The molecule has 0 aliphatic rings. The molecule has 0 saturated heterocycles. The van der Waals surface area contributed by atoms with Crippen LogP contribution >= 0.6 is 22.7 Å². The van der Waals surface area contributed by atoms with Gasteiger partial charge in [-0.05, 0) is 59.0 Å². The van der Waals surface area contributed by atoms with E-state index in [2.05, 4.69) is 35.9 Å². The quantitative estimate of drug-likeness (QED) is 0.197. The Labute approximate surface area is 205 Å². The van der Waals surface area contributed by atoms with Gasteiger partial charge in [0.2, 0.25) is 5.13 Å². The highest BCUT2D eigenvalue weighted by atomic mass is 32.1. The summed E-state index contributed by atoms with van der Waals surface area (Å²) in [5.74, 6) is -1.46. The van der Waals surface area contributed by atoms with Gasteiger partial charge in [-0.1, -0.05) is 50.0 Å². The minimum Gasteiger partial charge on any atom is -0.360 e. The van der Waals surface area contributed by atoms with Crippen LogP contribution in [0.2, 0.25) is 0 Å². The number of nitrogens with one attached hydrogen (secondary N) is 1. The Balaban J connectivity index is 1.69. The van der Waals surface area contributed by atoms with E-state index in [0.29, 0.717) is 12.1 Å². The summed E-state index contributed by atoms with van der Waals surface area (Å²) in [5.41, 5.74) is 2.87. The lowest BCUT2D eigenvalue weighted by Gasteiger charge is -2.34. The summed E-state index contributed by atoms with van der Waals surface area (Å²) in [4.78, 5) is 13.7. The molecule has 2 heterocycles. The molecular formula is C26H23F2N3OS2. The van der Waals surface area contributed by atoms with Crippen LogP contribution in [0.3, 0.4) is 0 Å². The van der Waals surface area contributed by atoms with Crippen molar-refractivity contribution in [3.63, 3.8) is 0 Å². The SMILES string of the molecule is C=CC(=O)c1ccc(-c2ccc([C@H](c3cccc(F)c3)C(C)(C)CNc3nncs3)s2)cc1F. The predicted molar refractivity (Wildman–Crippen MR) is 135 cm³/mol. The van der Waals surface area contributed by atoms with E-state index in [-0.39, 0.29) is 22.7 Å². The lowest BCUT2D eigenvalue weighted by atomic mass is 9.74. The Morgan fingerprint density at radius 3 is 2.68 bits per heavy atom. The molecule has 4 aromatic rings. The number of nitrogens with zero attached hydrogens (tertiary/aromatic N) is 2. The van der Waals surface area contributed by atoms with Crippen molar-refractivity contribution in [2.75, 3.05) is 11.9 Å². The first-order valence-corrected chi connectivity index (χ1v) is 12.3. The number of carbonyl (C=O) groups excluding carboxylic acids is 1. The maximum absolute atomic E-state index is 14.5. The van der Waals surface area contributed by atoms with E-state index in [9.17, 15) is 13.6 Å². The van der Waals surface area contributed by atoms with Gasteiger partial charge in [0, 0.05) is 22.2 Å². The molecule has 0 aliphatic heterocycles. The van der Waals surface area contributed by atoms with E-state index < -0.39 is 11.6 Å². The van der Waals surface area contributed by atoms with Gasteiger partial charge >= 0.3 is 0 Å². The van der Waals surface area contributed by atoms with Gasteiger partial charge in [-0.2, -0.15) is 0 Å². The minimum absolute atomic E-state index is 0.00273. The fourth-order valence-corrected chi connectivity index (χ4v) is 5.77. The highest BCUT2D eigenvalue weighted by Crippen LogP contribution is 2.45. The number of aromatic nitrogens is 2. The smallest absolute Gasteiger partial charge is 0.205 e. The Hall–Kier alpha value is -3.23. The second kappa shape index (κ2) is 9.95. The molecular weight excluding hydrogens is 472 g/mol. The highest BCUT2D eigenvalue weighted by molar-refractivity contribution is 7.15. The minimum atomic E-state index is -0.583. The number of ketones is 1. The maximum Gasteiger partial charge on any atom is 0.205 e. The van der Waals surface area contributed by atoms with Crippen molar-refractivity contribution >= 4 is 33.6 Å². The number of halogens is 2. The van der Waals surface area contributed by atoms with Crippen molar-refractivity contribution in [2.45, 2.75) is 19.8 Å². The molecule has 0 spiro atoms. The van der Waals surface area contributed by atoms with Crippen LogP contribution in [0.1, 0.15) is 40.6 Å². The summed E-state index contributed by atoms with van der Waals surface area (Å²) in [6.45, 7) is 8.24. The third-order valence-electron chi connectivity index (χ3n) is 5.63. The zero-order valence-electron chi connectivity index (χ0n) is 18.7. The first kappa shape index (κ1) is 23.9. The van der Waals surface area contributed by atoms with Gasteiger partial charge in [0.25, 0.3) is 0 Å². The van der Waals surface area contributed by atoms with Crippen LogP contribution < -0.4 is 5.32 Å². The third-order valence-corrected chi connectivity index (χ3v) is 7.48.